The Kier molecular flexibility index (Phi) is 6.61. The fraction of sp³-hybridized carbons (Fsp3) is 0.368. The molecule has 2 rings (SSSR count). The average Bonchev–Trinajstić information content (AvgIpc) is 2.62. The van der Waals surface area contributed by atoms with Crippen molar-refractivity contribution in [2.75, 3.05) is 20.8 Å². The van der Waals surface area contributed by atoms with Crippen molar-refractivity contribution in [3.05, 3.63) is 48.0 Å². The van der Waals surface area contributed by atoms with Crippen LogP contribution in [0, 0.1) is 6.92 Å². The largest absolute Gasteiger partial charge is 0.493 e. The Morgan fingerprint density at radius 1 is 0.958 bits per heavy atom. The third-order valence-corrected chi connectivity index (χ3v) is 5.78. The summed E-state index contributed by atoms with van der Waals surface area (Å²) < 4.78 is 29.1. The summed E-state index contributed by atoms with van der Waals surface area (Å²) in [5.41, 5.74) is 3.18. The van der Waals surface area contributed by atoms with Crippen LogP contribution in [0.2, 0.25) is 0 Å². The van der Waals surface area contributed by atoms with Crippen molar-refractivity contribution in [1.29, 1.82) is 0 Å². The molecule has 0 bridgehead atoms. The number of hydrogen-bond acceptors (Lipinski definition) is 4. The fourth-order valence-corrected chi connectivity index (χ4v) is 3.63. The quantitative estimate of drug-likeness (QED) is 0.500. The van der Waals surface area contributed by atoms with Crippen molar-refractivity contribution >= 4 is 12.9 Å². The Balaban J connectivity index is 2.46. The first-order valence-corrected chi connectivity index (χ1v) is 9.64. The van der Waals surface area contributed by atoms with E-state index in [-0.39, 0.29) is 0 Å². The summed E-state index contributed by atoms with van der Waals surface area (Å²) in [6, 6.07) is 13.8. The summed E-state index contributed by atoms with van der Waals surface area (Å²) in [6.45, 7) is 4.71. The summed E-state index contributed by atoms with van der Waals surface area (Å²) in [4.78, 5) is 0. The highest BCUT2D eigenvalue weighted by Crippen LogP contribution is 2.48. The van der Waals surface area contributed by atoms with Crippen LogP contribution in [0.25, 0.3) is 11.1 Å². The lowest BCUT2D eigenvalue weighted by Gasteiger charge is -2.19. The summed E-state index contributed by atoms with van der Waals surface area (Å²) in [5.74, 6) is 0.548. The molecule has 0 aliphatic heterocycles. The van der Waals surface area contributed by atoms with E-state index in [1.165, 1.54) is 19.8 Å². The predicted octanol–water partition coefficient (Wildman–Crippen LogP) is 4.95. The van der Waals surface area contributed by atoms with E-state index in [0.29, 0.717) is 17.7 Å². The molecular formula is C19H25O4P. The molecule has 0 aliphatic rings. The lowest BCUT2D eigenvalue weighted by atomic mass is 10.0. The summed E-state index contributed by atoms with van der Waals surface area (Å²) in [6.07, 6.45) is 1.96. The van der Waals surface area contributed by atoms with Gasteiger partial charge in [-0.25, -0.2) is 0 Å². The molecule has 2 aromatic rings. The molecule has 5 heteroatoms. The molecule has 2 aromatic carbocycles. The Labute approximate surface area is 144 Å². The Morgan fingerprint density at radius 2 is 1.58 bits per heavy atom. The topological polar surface area (TPSA) is 44.8 Å². The van der Waals surface area contributed by atoms with Crippen LogP contribution < -0.4 is 10.0 Å². The zero-order valence-electron chi connectivity index (χ0n) is 14.7. The van der Waals surface area contributed by atoms with Crippen LogP contribution in [0.15, 0.2) is 42.5 Å². The Bertz CT molecular complexity index is 702. The van der Waals surface area contributed by atoms with Gasteiger partial charge in [0, 0.05) is 14.2 Å². The maximum Gasteiger partial charge on any atom is 0.364 e. The second-order valence-electron chi connectivity index (χ2n) is 5.61. The van der Waals surface area contributed by atoms with Crippen LogP contribution >= 0.6 is 7.60 Å². The predicted molar refractivity (Wildman–Crippen MR) is 98.3 cm³/mol. The number of hydrogen-bond donors (Lipinski definition) is 0. The summed E-state index contributed by atoms with van der Waals surface area (Å²) in [5, 5.41) is 0.460. The molecule has 4 nitrogen and oxygen atoms in total. The molecule has 0 saturated heterocycles. The maximum atomic E-state index is 12.9. The highest BCUT2D eigenvalue weighted by molar-refractivity contribution is 7.62. The number of unbranched alkanes of at least 4 members (excludes halogenated alkanes) is 1. The van der Waals surface area contributed by atoms with E-state index in [2.05, 4.69) is 6.92 Å². The zero-order valence-corrected chi connectivity index (χ0v) is 15.6. The summed E-state index contributed by atoms with van der Waals surface area (Å²) in [7, 11) is -0.627. The van der Waals surface area contributed by atoms with Crippen LogP contribution in [-0.2, 0) is 13.6 Å². The lowest BCUT2D eigenvalue weighted by molar-refractivity contribution is 0.282. The van der Waals surface area contributed by atoms with E-state index in [1.54, 1.807) is 0 Å². The van der Waals surface area contributed by atoms with Crippen LogP contribution in [0.5, 0.6) is 5.75 Å². The number of rotatable bonds is 8. The second-order valence-corrected chi connectivity index (χ2v) is 7.82. The molecule has 0 atom stereocenters. The highest BCUT2D eigenvalue weighted by Gasteiger charge is 2.29. The van der Waals surface area contributed by atoms with Crippen molar-refractivity contribution in [3.8, 4) is 16.9 Å². The van der Waals surface area contributed by atoms with Crippen molar-refractivity contribution < 1.29 is 18.3 Å². The minimum Gasteiger partial charge on any atom is -0.493 e. The molecule has 0 aromatic heterocycles. The zero-order chi connectivity index (χ0) is 17.6. The first kappa shape index (κ1) is 18.7. The highest BCUT2D eigenvalue weighted by atomic mass is 31.2. The van der Waals surface area contributed by atoms with Crippen molar-refractivity contribution in [3.63, 3.8) is 0 Å². The van der Waals surface area contributed by atoms with Gasteiger partial charge in [-0.05, 0) is 36.6 Å². The molecule has 0 heterocycles. The van der Waals surface area contributed by atoms with Crippen LogP contribution in [-0.4, -0.2) is 20.8 Å². The van der Waals surface area contributed by atoms with E-state index in [1.807, 2.05) is 49.4 Å². The second kappa shape index (κ2) is 8.48. The van der Waals surface area contributed by atoms with E-state index >= 15 is 0 Å². The molecular weight excluding hydrogens is 323 g/mol. The number of ether oxygens (including phenoxy) is 1. The molecule has 0 amide bonds. The fourth-order valence-electron chi connectivity index (χ4n) is 2.38. The van der Waals surface area contributed by atoms with E-state index in [0.717, 1.165) is 24.0 Å². The first-order valence-electron chi connectivity index (χ1n) is 8.10. The first-order chi connectivity index (χ1) is 11.5. The molecule has 0 N–H and O–H groups in total. The molecule has 0 fully saturated rings. The SMILES string of the molecule is CCCCOc1ccc(-c2ccc(C)cc2)cc1P(=O)(OC)OC. The molecule has 0 radical (unpaired) electrons. The summed E-state index contributed by atoms with van der Waals surface area (Å²) >= 11 is 0. The molecule has 0 aliphatic carbocycles. The maximum absolute atomic E-state index is 12.9. The van der Waals surface area contributed by atoms with Crippen molar-refractivity contribution in [2.45, 2.75) is 26.7 Å². The van der Waals surface area contributed by atoms with E-state index in [9.17, 15) is 4.57 Å². The van der Waals surface area contributed by atoms with Gasteiger partial charge in [-0.1, -0.05) is 49.2 Å². The molecule has 24 heavy (non-hydrogen) atoms. The van der Waals surface area contributed by atoms with Gasteiger partial charge in [0.1, 0.15) is 11.1 Å². The van der Waals surface area contributed by atoms with Crippen LogP contribution in [0.3, 0.4) is 0 Å². The van der Waals surface area contributed by atoms with Crippen molar-refractivity contribution in [1.82, 2.24) is 0 Å². The van der Waals surface area contributed by atoms with Crippen molar-refractivity contribution in [2.24, 2.45) is 0 Å². The van der Waals surface area contributed by atoms with Gasteiger partial charge in [-0.3, -0.25) is 4.57 Å². The third-order valence-electron chi connectivity index (χ3n) is 3.88. The van der Waals surface area contributed by atoms with Gasteiger partial charge in [0.2, 0.25) is 0 Å². The van der Waals surface area contributed by atoms with Crippen LogP contribution in [0.1, 0.15) is 25.3 Å². The molecule has 0 unspecified atom stereocenters. The number of aryl methyl sites for hydroxylation is 1. The lowest BCUT2D eigenvalue weighted by Crippen LogP contribution is -2.13. The van der Waals surface area contributed by atoms with Gasteiger partial charge in [0.25, 0.3) is 0 Å². The van der Waals surface area contributed by atoms with Gasteiger partial charge in [-0.15, -0.1) is 0 Å². The molecule has 130 valence electrons. The van der Waals surface area contributed by atoms with E-state index < -0.39 is 7.60 Å². The van der Waals surface area contributed by atoms with Crippen LogP contribution in [0.4, 0.5) is 0 Å². The van der Waals surface area contributed by atoms with Gasteiger partial charge < -0.3 is 13.8 Å². The van der Waals surface area contributed by atoms with Gasteiger partial charge in [0.05, 0.1) is 6.61 Å². The van der Waals surface area contributed by atoms with Gasteiger partial charge in [0.15, 0.2) is 0 Å². The standard InChI is InChI=1S/C19H25O4P/c1-5-6-13-23-18-12-11-17(16-9-7-15(2)8-10-16)14-19(18)24(20,21-3)22-4/h7-12,14H,5-6,13H2,1-4H3. The molecule has 0 spiro atoms. The molecule has 0 saturated carbocycles. The monoisotopic (exact) mass is 348 g/mol. The Morgan fingerprint density at radius 3 is 2.17 bits per heavy atom. The van der Waals surface area contributed by atoms with Gasteiger partial charge >= 0.3 is 7.60 Å². The minimum atomic E-state index is -3.40. The average molecular weight is 348 g/mol. The smallest absolute Gasteiger partial charge is 0.364 e. The minimum absolute atomic E-state index is 0.460. The van der Waals surface area contributed by atoms with E-state index in [4.69, 9.17) is 13.8 Å². The van der Waals surface area contributed by atoms with Gasteiger partial charge in [-0.2, -0.15) is 0 Å². The number of benzene rings is 2. The third kappa shape index (κ3) is 4.27. The normalized spacial score (nSPS) is 11.5. The Hall–Kier alpha value is -1.61.